The summed E-state index contributed by atoms with van der Waals surface area (Å²) in [5.41, 5.74) is 1.97. The number of aromatic nitrogens is 1. The molecule has 1 atom stereocenters. The van der Waals surface area contributed by atoms with E-state index in [1.54, 1.807) is 19.5 Å². The third kappa shape index (κ3) is 6.73. The number of hydrogen-bond donors (Lipinski definition) is 2. The molecule has 1 heterocycles. The van der Waals surface area contributed by atoms with E-state index in [2.05, 4.69) is 15.6 Å². The van der Waals surface area contributed by atoms with Crippen molar-refractivity contribution < 1.29 is 14.3 Å². The van der Waals surface area contributed by atoms with Gasteiger partial charge in [0.1, 0.15) is 11.8 Å². The molecule has 144 valence electrons. The highest BCUT2D eigenvalue weighted by Gasteiger charge is 2.23. The van der Waals surface area contributed by atoms with Crippen molar-refractivity contribution in [2.24, 2.45) is 5.92 Å². The lowest BCUT2D eigenvalue weighted by Gasteiger charge is -2.21. The summed E-state index contributed by atoms with van der Waals surface area (Å²) >= 11 is 0. The molecule has 0 aliphatic carbocycles. The lowest BCUT2D eigenvalue weighted by Crippen LogP contribution is -2.49. The third-order valence-corrected chi connectivity index (χ3v) is 4.25. The number of carbonyl (C=O) groups excluding carboxylic acids is 2. The fourth-order valence-electron chi connectivity index (χ4n) is 2.63. The van der Waals surface area contributed by atoms with Crippen molar-refractivity contribution in [3.8, 4) is 5.75 Å². The van der Waals surface area contributed by atoms with Crippen molar-refractivity contribution in [1.29, 1.82) is 0 Å². The number of hydrogen-bond acceptors (Lipinski definition) is 4. The molecule has 2 aromatic rings. The molecule has 0 saturated heterocycles. The predicted octanol–water partition coefficient (Wildman–Crippen LogP) is 2.48. The van der Waals surface area contributed by atoms with Crippen LogP contribution in [0.5, 0.6) is 5.75 Å². The van der Waals surface area contributed by atoms with E-state index in [1.165, 1.54) is 0 Å². The number of methoxy groups -OCH3 is 1. The summed E-state index contributed by atoms with van der Waals surface area (Å²) in [6, 6.07) is 10.8. The van der Waals surface area contributed by atoms with E-state index in [9.17, 15) is 9.59 Å². The zero-order valence-corrected chi connectivity index (χ0v) is 16.1. The van der Waals surface area contributed by atoms with Crippen LogP contribution in [-0.4, -0.2) is 29.9 Å². The lowest BCUT2D eigenvalue weighted by molar-refractivity contribution is -0.130. The molecule has 6 heteroatoms. The first-order chi connectivity index (χ1) is 13.0. The summed E-state index contributed by atoms with van der Waals surface area (Å²) in [6.07, 6.45) is 4.33. The topological polar surface area (TPSA) is 80.3 Å². The molecule has 0 radical (unpaired) electrons. The Labute approximate surface area is 160 Å². The van der Waals surface area contributed by atoms with Gasteiger partial charge in [0.2, 0.25) is 11.8 Å². The minimum atomic E-state index is -0.565. The largest absolute Gasteiger partial charge is 0.497 e. The second kappa shape index (κ2) is 10.3. The van der Waals surface area contributed by atoms with Gasteiger partial charge in [-0.3, -0.25) is 14.6 Å². The van der Waals surface area contributed by atoms with Crippen LogP contribution in [-0.2, 0) is 22.6 Å². The van der Waals surface area contributed by atoms with Gasteiger partial charge >= 0.3 is 0 Å². The number of nitrogens with one attached hydrogen (secondary N) is 2. The molecule has 27 heavy (non-hydrogen) atoms. The van der Waals surface area contributed by atoms with Gasteiger partial charge in [-0.2, -0.15) is 0 Å². The molecule has 0 bridgehead atoms. The van der Waals surface area contributed by atoms with Gasteiger partial charge in [0.25, 0.3) is 0 Å². The van der Waals surface area contributed by atoms with Crippen LogP contribution in [0.4, 0.5) is 0 Å². The van der Waals surface area contributed by atoms with Crippen LogP contribution >= 0.6 is 0 Å². The maximum atomic E-state index is 12.5. The van der Waals surface area contributed by atoms with Crippen LogP contribution in [0, 0.1) is 5.92 Å². The molecular formula is C21H27N3O3. The van der Waals surface area contributed by atoms with Crippen LogP contribution in [0.25, 0.3) is 0 Å². The van der Waals surface area contributed by atoms with Crippen molar-refractivity contribution in [3.63, 3.8) is 0 Å². The number of rotatable bonds is 9. The van der Waals surface area contributed by atoms with Crippen molar-refractivity contribution in [3.05, 3.63) is 59.9 Å². The van der Waals surface area contributed by atoms with E-state index in [0.717, 1.165) is 16.9 Å². The highest BCUT2D eigenvalue weighted by Crippen LogP contribution is 2.13. The van der Waals surface area contributed by atoms with Crippen molar-refractivity contribution in [2.45, 2.75) is 39.3 Å². The summed E-state index contributed by atoms with van der Waals surface area (Å²) in [4.78, 5) is 28.8. The zero-order chi connectivity index (χ0) is 19.6. The predicted molar refractivity (Wildman–Crippen MR) is 104 cm³/mol. The summed E-state index contributed by atoms with van der Waals surface area (Å²) in [5, 5.41) is 5.72. The third-order valence-electron chi connectivity index (χ3n) is 4.25. The van der Waals surface area contributed by atoms with Gasteiger partial charge in [-0.25, -0.2) is 0 Å². The Kier molecular flexibility index (Phi) is 7.79. The minimum Gasteiger partial charge on any atom is -0.497 e. The van der Waals surface area contributed by atoms with Crippen LogP contribution in [0.1, 0.15) is 31.4 Å². The number of aryl methyl sites for hydroxylation is 1. The van der Waals surface area contributed by atoms with E-state index < -0.39 is 6.04 Å². The second-order valence-electron chi connectivity index (χ2n) is 6.72. The summed E-state index contributed by atoms with van der Waals surface area (Å²) in [6.45, 7) is 4.22. The molecule has 0 saturated carbocycles. The Morgan fingerprint density at radius 2 is 1.85 bits per heavy atom. The van der Waals surface area contributed by atoms with Crippen molar-refractivity contribution in [2.75, 3.05) is 7.11 Å². The van der Waals surface area contributed by atoms with Gasteiger partial charge in [0.15, 0.2) is 0 Å². The first kappa shape index (κ1) is 20.4. The molecule has 0 unspecified atom stereocenters. The fraction of sp³-hybridized carbons (Fsp3) is 0.381. The molecule has 6 nitrogen and oxygen atoms in total. The van der Waals surface area contributed by atoms with E-state index >= 15 is 0 Å². The number of ether oxygens (including phenoxy) is 1. The Balaban J connectivity index is 1.84. The van der Waals surface area contributed by atoms with Crippen molar-refractivity contribution >= 4 is 11.8 Å². The average Bonchev–Trinajstić information content (AvgIpc) is 2.69. The second-order valence-corrected chi connectivity index (χ2v) is 6.72. The smallest absolute Gasteiger partial charge is 0.243 e. The molecule has 2 amide bonds. The van der Waals surface area contributed by atoms with Gasteiger partial charge in [0, 0.05) is 25.4 Å². The molecule has 0 spiro atoms. The van der Waals surface area contributed by atoms with Crippen LogP contribution in [0.15, 0.2) is 48.8 Å². The summed E-state index contributed by atoms with van der Waals surface area (Å²) in [5.74, 6) is 0.449. The molecule has 1 aromatic carbocycles. The zero-order valence-electron chi connectivity index (χ0n) is 16.1. The number of pyridine rings is 1. The van der Waals surface area contributed by atoms with Gasteiger partial charge in [-0.15, -0.1) is 0 Å². The van der Waals surface area contributed by atoms with Crippen LogP contribution in [0.3, 0.4) is 0 Å². The molecule has 0 fully saturated rings. The van der Waals surface area contributed by atoms with E-state index in [4.69, 9.17) is 4.74 Å². The molecule has 0 aliphatic rings. The van der Waals surface area contributed by atoms with E-state index in [-0.39, 0.29) is 17.7 Å². The lowest BCUT2D eigenvalue weighted by atomic mass is 10.0. The average molecular weight is 369 g/mol. The molecule has 2 N–H and O–H groups in total. The normalized spacial score (nSPS) is 11.7. The number of nitrogens with zero attached hydrogens (tertiary/aromatic N) is 1. The Bertz CT molecular complexity index is 730. The first-order valence-corrected chi connectivity index (χ1v) is 9.08. The SMILES string of the molecule is COc1ccc(CCC(=O)N[C@H](C(=O)NCc2cccnc2)C(C)C)cc1. The van der Waals surface area contributed by atoms with Gasteiger partial charge in [0.05, 0.1) is 7.11 Å². The quantitative estimate of drug-likeness (QED) is 0.712. The summed E-state index contributed by atoms with van der Waals surface area (Å²) in [7, 11) is 1.62. The molecule has 1 aromatic heterocycles. The highest BCUT2D eigenvalue weighted by molar-refractivity contribution is 5.87. The summed E-state index contributed by atoms with van der Waals surface area (Å²) < 4.78 is 5.13. The Morgan fingerprint density at radius 3 is 2.44 bits per heavy atom. The molecular weight excluding hydrogens is 342 g/mol. The molecule has 2 rings (SSSR count). The maximum Gasteiger partial charge on any atom is 0.243 e. The Hall–Kier alpha value is -2.89. The fourth-order valence-corrected chi connectivity index (χ4v) is 2.63. The Morgan fingerprint density at radius 1 is 1.11 bits per heavy atom. The van der Waals surface area contributed by atoms with Crippen molar-refractivity contribution in [1.82, 2.24) is 15.6 Å². The van der Waals surface area contributed by atoms with Gasteiger partial charge < -0.3 is 15.4 Å². The molecule has 0 aliphatic heterocycles. The number of amides is 2. The van der Waals surface area contributed by atoms with Gasteiger partial charge in [-0.05, 0) is 41.7 Å². The van der Waals surface area contributed by atoms with Gasteiger partial charge in [-0.1, -0.05) is 32.0 Å². The monoisotopic (exact) mass is 369 g/mol. The number of carbonyl (C=O) groups is 2. The van der Waals surface area contributed by atoms with Crippen LogP contribution < -0.4 is 15.4 Å². The van der Waals surface area contributed by atoms with E-state index in [1.807, 2.05) is 50.2 Å². The highest BCUT2D eigenvalue weighted by atomic mass is 16.5. The van der Waals surface area contributed by atoms with Crippen LogP contribution in [0.2, 0.25) is 0 Å². The number of benzene rings is 1. The maximum absolute atomic E-state index is 12.5. The standard InChI is InChI=1S/C21H27N3O3/c1-15(2)20(21(26)23-14-17-5-4-12-22-13-17)24-19(25)11-8-16-6-9-18(27-3)10-7-16/h4-7,9-10,12-13,15,20H,8,11,14H2,1-3H3,(H,23,26)(H,24,25)/t20-/m0/s1. The first-order valence-electron chi connectivity index (χ1n) is 9.08. The minimum absolute atomic E-state index is 0.0103. The van der Waals surface area contributed by atoms with E-state index in [0.29, 0.717) is 19.4 Å².